The van der Waals surface area contributed by atoms with E-state index in [2.05, 4.69) is 18.8 Å². The number of ketones is 1. The third-order valence-electron chi connectivity index (χ3n) is 2.14. The Morgan fingerprint density at radius 1 is 1.71 bits per heavy atom. The van der Waals surface area contributed by atoms with Crippen LogP contribution in [0.2, 0.25) is 0 Å². The molecule has 0 aromatic carbocycles. The van der Waals surface area contributed by atoms with Crippen molar-refractivity contribution in [1.82, 2.24) is 9.55 Å². The van der Waals surface area contributed by atoms with Gasteiger partial charge in [0.05, 0.1) is 5.75 Å². The number of Topliss-reactive ketones (excluding diaryl/α,β-unsaturated/α-hetero) is 1. The Balaban J connectivity index is 2.47. The SMILES string of the molecule is CCC(C)SCC(=O)c1nccn1C. The molecule has 1 unspecified atom stereocenters. The minimum atomic E-state index is 0.114. The van der Waals surface area contributed by atoms with E-state index in [0.29, 0.717) is 16.8 Å². The van der Waals surface area contributed by atoms with Gasteiger partial charge in [0, 0.05) is 24.7 Å². The second-order valence-electron chi connectivity index (χ2n) is 3.31. The second-order valence-corrected chi connectivity index (χ2v) is 4.74. The zero-order valence-electron chi connectivity index (χ0n) is 8.86. The van der Waals surface area contributed by atoms with Crippen LogP contribution in [0.3, 0.4) is 0 Å². The van der Waals surface area contributed by atoms with Crippen LogP contribution < -0.4 is 0 Å². The molecular formula is C10H16N2OS. The molecule has 0 spiro atoms. The molecule has 1 rings (SSSR count). The molecule has 1 heterocycles. The van der Waals surface area contributed by atoms with Gasteiger partial charge in [0.1, 0.15) is 0 Å². The number of carbonyl (C=O) groups is 1. The Morgan fingerprint density at radius 3 is 2.93 bits per heavy atom. The van der Waals surface area contributed by atoms with Crippen LogP contribution in [0.5, 0.6) is 0 Å². The first kappa shape index (κ1) is 11.3. The van der Waals surface area contributed by atoms with Gasteiger partial charge in [0.2, 0.25) is 5.78 Å². The lowest BCUT2D eigenvalue weighted by molar-refractivity contribution is 0.101. The molecular weight excluding hydrogens is 196 g/mol. The first-order valence-corrected chi connectivity index (χ1v) is 5.82. The van der Waals surface area contributed by atoms with Gasteiger partial charge in [-0.1, -0.05) is 13.8 Å². The van der Waals surface area contributed by atoms with Crippen molar-refractivity contribution >= 4 is 17.5 Å². The van der Waals surface area contributed by atoms with Crippen LogP contribution in [-0.2, 0) is 7.05 Å². The average Bonchev–Trinajstić information content (AvgIpc) is 2.60. The molecule has 1 aromatic heterocycles. The van der Waals surface area contributed by atoms with E-state index in [1.807, 2.05) is 7.05 Å². The van der Waals surface area contributed by atoms with E-state index >= 15 is 0 Å². The van der Waals surface area contributed by atoms with Crippen molar-refractivity contribution in [2.24, 2.45) is 7.05 Å². The minimum absolute atomic E-state index is 0.114. The highest BCUT2D eigenvalue weighted by molar-refractivity contribution is 8.00. The molecule has 0 bridgehead atoms. The van der Waals surface area contributed by atoms with Crippen LogP contribution in [0, 0.1) is 0 Å². The first-order chi connectivity index (χ1) is 6.65. The molecule has 3 nitrogen and oxygen atoms in total. The molecule has 0 fully saturated rings. The van der Waals surface area contributed by atoms with Crippen LogP contribution in [0.15, 0.2) is 12.4 Å². The van der Waals surface area contributed by atoms with Crippen molar-refractivity contribution in [1.29, 1.82) is 0 Å². The lowest BCUT2D eigenvalue weighted by atomic mass is 10.4. The number of carbonyl (C=O) groups excluding carboxylic acids is 1. The summed E-state index contributed by atoms with van der Waals surface area (Å²) in [6.07, 6.45) is 4.54. The van der Waals surface area contributed by atoms with E-state index in [1.165, 1.54) is 0 Å². The molecule has 78 valence electrons. The van der Waals surface area contributed by atoms with Gasteiger partial charge in [-0.05, 0) is 6.42 Å². The summed E-state index contributed by atoms with van der Waals surface area (Å²) in [5.74, 6) is 1.20. The lowest BCUT2D eigenvalue weighted by Gasteiger charge is -2.06. The summed E-state index contributed by atoms with van der Waals surface area (Å²) in [6, 6.07) is 0. The maximum atomic E-state index is 11.6. The lowest BCUT2D eigenvalue weighted by Crippen LogP contribution is -2.11. The molecule has 0 saturated heterocycles. The fourth-order valence-corrected chi connectivity index (χ4v) is 1.84. The fourth-order valence-electron chi connectivity index (χ4n) is 1.03. The molecule has 0 aliphatic heterocycles. The maximum Gasteiger partial charge on any atom is 0.208 e. The molecule has 0 amide bonds. The number of hydrogen-bond donors (Lipinski definition) is 0. The Hall–Kier alpha value is -0.770. The van der Waals surface area contributed by atoms with Gasteiger partial charge in [-0.2, -0.15) is 11.8 Å². The number of thioether (sulfide) groups is 1. The van der Waals surface area contributed by atoms with Crippen molar-refractivity contribution in [3.63, 3.8) is 0 Å². The molecule has 0 N–H and O–H groups in total. The third kappa shape index (κ3) is 2.87. The molecule has 4 heteroatoms. The van der Waals surface area contributed by atoms with E-state index in [9.17, 15) is 4.79 Å². The zero-order valence-corrected chi connectivity index (χ0v) is 9.67. The number of nitrogens with zero attached hydrogens (tertiary/aromatic N) is 2. The average molecular weight is 212 g/mol. The summed E-state index contributed by atoms with van der Waals surface area (Å²) < 4.78 is 1.76. The van der Waals surface area contributed by atoms with E-state index < -0.39 is 0 Å². The van der Waals surface area contributed by atoms with Gasteiger partial charge in [0.25, 0.3) is 0 Å². The van der Waals surface area contributed by atoms with Gasteiger partial charge in [-0.25, -0.2) is 4.98 Å². The predicted octanol–water partition coefficient (Wildman–Crippen LogP) is 2.13. The van der Waals surface area contributed by atoms with Crippen LogP contribution >= 0.6 is 11.8 Å². The van der Waals surface area contributed by atoms with E-state index in [0.717, 1.165) is 6.42 Å². The van der Waals surface area contributed by atoms with Crippen LogP contribution in [0.25, 0.3) is 0 Å². The van der Waals surface area contributed by atoms with Gasteiger partial charge < -0.3 is 4.57 Å². The monoisotopic (exact) mass is 212 g/mol. The predicted molar refractivity (Wildman–Crippen MR) is 59.7 cm³/mol. The highest BCUT2D eigenvalue weighted by Crippen LogP contribution is 2.14. The Labute approximate surface area is 88.9 Å². The summed E-state index contributed by atoms with van der Waals surface area (Å²) in [6.45, 7) is 4.26. The molecule has 1 atom stereocenters. The quantitative estimate of drug-likeness (QED) is 0.701. The van der Waals surface area contributed by atoms with Crippen LogP contribution in [0.1, 0.15) is 30.9 Å². The summed E-state index contributed by atoms with van der Waals surface area (Å²) in [4.78, 5) is 15.7. The topological polar surface area (TPSA) is 34.9 Å². The van der Waals surface area contributed by atoms with Gasteiger partial charge in [0.15, 0.2) is 5.82 Å². The highest BCUT2D eigenvalue weighted by atomic mass is 32.2. The number of imidazole rings is 1. The van der Waals surface area contributed by atoms with Crippen molar-refractivity contribution < 1.29 is 4.79 Å². The second kappa shape index (κ2) is 5.20. The Morgan fingerprint density at radius 2 is 2.43 bits per heavy atom. The normalized spacial score (nSPS) is 12.8. The van der Waals surface area contributed by atoms with Crippen molar-refractivity contribution in [3.05, 3.63) is 18.2 Å². The molecule has 0 aliphatic rings. The van der Waals surface area contributed by atoms with Crippen molar-refractivity contribution in [3.8, 4) is 0 Å². The molecule has 0 aliphatic carbocycles. The smallest absolute Gasteiger partial charge is 0.208 e. The van der Waals surface area contributed by atoms with E-state index in [1.54, 1.807) is 28.7 Å². The number of rotatable bonds is 5. The first-order valence-electron chi connectivity index (χ1n) is 4.77. The van der Waals surface area contributed by atoms with Gasteiger partial charge in [-0.3, -0.25) is 4.79 Å². The van der Waals surface area contributed by atoms with E-state index in [-0.39, 0.29) is 5.78 Å². The van der Waals surface area contributed by atoms with Gasteiger partial charge in [-0.15, -0.1) is 0 Å². The molecule has 0 radical (unpaired) electrons. The van der Waals surface area contributed by atoms with Crippen molar-refractivity contribution in [2.75, 3.05) is 5.75 Å². The minimum Gasteiger partial charge on any atom is -0.332 e. The van der Waals surface area contributed by atoms with E-state index in [4.69, 9.17) is 0 Å². The largest absolute Gasteiger partial charge is 0.332 e. The Bertz CT molecular complexity index is 309. The molecule has 1 aromatic rings. The van der Waals surface area contributed by atoms with Crippen LogP contribution in [0.4, 0.5) is 0 Å². The zero-order chi connectivity index (χ0) is 10.6. The summed E-state index contributed by atoms with van der Waals surface area (Å²) in [7, 11) is 1.84. The summed E-state index contributed by atoms with van der Waals surface area (Å²) in [5.41, 5.74) is 0. The number of hydrogen-bond acceptors (Lipinski definition) is 3. The van der Waals surface area contributed by atoms with Gasteiger partial charge >= 0.3 is 0 Å². The standard InChI is InChI=1S/C10H16N2OS/c1-4-8(2)14-7-9(13)10-11-5-6-12(10)3/h5-6,8H,4,7H2,1-3H3. The maximum absolute atomic E-state index is 11.6. The molecule has 0 saturated carbocycles. The fraction of sp³-hybridized carbons (Fsp3) is 0.600. The third-order valence-corrected chi connectivity index (χ3v) is 3.48. The van der Waals surface area contributed by atoms with Crippen molar-refractivity contribution in [2.45, 2.75) is 25.5 Å². The molecule has 14 heavy (non-hydrogen) atoms. The highest BCUT2D eigenvalue weighted by Gasteiger charge is 2.11. The number of aryl methyl sites for hydroxylation is 1. The summed E-state index contributed by atoms with van der Waals surface area (Å²) >= 11 is 1.69. The van der Waals surface area contributed by atoms with Crippen LogP contribution in [-0.4, -0.2) is 26.3 Å². The Kier molecular flexibility index (Phi) is 4.20. The summed E-state index contributed by atoms with van der Waals surface area (Å²) in [5, 5.41) is 0.541. The number of aromatic nitrogens is 2.